The number of halogens is 1. The first-order valence-corrected chi connectivity index (χ1v) is 7.77. The van der Waals surface area contributed by atoms with Crippen LogP contribution >= 0.6 is 0 Å². The van der Waals surface area contributed by atoms with Crippen LogP contribution in [0, 0.1) is 22.9 Å². The second-order valence-corrected chi connectivity index (χ2v) is 5.82. The number of benzene rings is 2. The van der Waals surface area contributed by atoms with Gasteiger partial charge in [0.25, 0.3) is 11.6 Å². The highest BCUT2D eigenvalue weighted by Gasteiger charge is 2.19. The minimum Gasteiger partial charge on any atom is -0.491 e. The maximum Gasteiger partial charge on any atom is 0.276 e. The smallest absolute Gasteiger partial charge is 0.276 e. The molecule has 0 unspecified atom stereocenters. The Hall–Kier alpha value is -2.96. The topological polar surface area (TPSA) is 81.5 Å². The highest BCUT2D eigenvalue weighted by atomic mass is 19.1. The predicted molar refractivity (Wildman–Crippen MR) is 91.2 cm³/mol. The summed E-state index contributed by atoms with van der Waals surface area (Å²) in [6, 6.07) is 9.29. The summed E-state index contributed by atoms with van der Waals surface area (Å²) in [5.41, 5.74) is 0.134. The van der Waals surface area contributed by atoms with E-state index in [1.54, 1.807) is 12.1 Å². The Morgan fingerprint density at radius 1 is 1.32 bits per heavy atom. The van der Waals surface area contributed by atoms with E-state index in [9.17, 15) is 19.3 Å². The van der Waals surface area contributed by atoms with Crippen molar-refractivity contribution in [1.29, 1.82) is 0 Å². The summed E-state index contributed by atoms with van der Waals surface area (Å²) in [6.07, 6.45) is -0.0225. The Morgan fingerprint density at radius 3 is 2.64 bits per heavy atom. The van der Waals surface area contributed by atoms with Gasteiger partial charge in [0.05, 0.1) is 16.6 Å². The molecule has 0 saturated carbocycles. The Morgan fingerprint density at radius 2 is 2.00 bits per heavy atom. The van der Waals surface area contributed by atoms with Crippen LogP contribution in [0.15, 0.2) is 36.4 Å². The van der Waals surface area contributed by atoms with Gasteiger partial charge in [-0.15, -0.1) is 0 Å². The third-order valence-corrected chi connectivity index (χ3v) is 3.55. The molecule has 0 aliphatic heterocycles. The summed E-state index contributed by atoms with van der Waals surface area (Å²) in [4.78, 5) is 22.5. The number of carbonyl (C=O) groups excluding carboxylic acids is 1. The van der Waals surface area contributed by atoms with E-state index >= 15 is 0 Å². The molecule has 0 bridgehead atoms. The molecule has 0 aliphatic carbocycles. The van der Waals surface area contributed by atoms with Crippen molar-refractivity contribution < 1.29 is 18.8 Å². The molecule has 2 aromatic rings. The number of amides is 1. The molecule has 132 valence electrons. The highest BCUT2D eigenvalue weighted by Crippen LogP contribution is 2.23. The standard InChI is InChI=1S/C18H19FN2O4/c1-11(2)25-17-7-5-4-6-13(17)10-20-18(22)14-8-15(19)12(3)16(9-14)21(23)24/h4-9,11H,10H2,1-3H3,(H,20,22). The van der Waals surface area contributed by atoms with E-state index in [1.165, 1.54) is 6.92 Å². The lowest BCUT2D eigenvalue weighted by Gasteiger charge is -2.14. The summed E-state index contributed by atoms with van der Waals surface area (Å²) in [5, 5.41) is 13.6. The van der Waals surface area contributed by atoms with Crippen LogP contribution in [0.2, 0.25) is 0 Å². The number of ether oxygens (including phenoxy) is 1. The van der Waals surface area contributed by atoms with Gasteiger partial charge in [-0.25, -0.2) is 4.39 Å². The first kappa shape index (κ1) is 18.4. The Balaban J connectivity index is 2.18. The van der Waals surface area contributed by atoms with E-state index in [4.69, 9.17) is 4.74 Å². The van der Waals surface area contributed by atoms with Crippen molar-refractivity contribution in [2.75, 3.05) is 0 Å². The van der Waals surface area contributed by atoms with Gasteiger partial charge in [-0.3, -0.25) is 14.9 Å². The van der Waals surface area contributed by atoms with Crippen LogP contribution in [0.25, 0.3) is 0 Å². The molecule has 0 atom stereocenters. The number of rotatable bonds is 6. The van der Waals surface area contributed by atoms with Gasteiger partial charge in [-0.2, -0.15) is 0 Å². The maximum atomic E-state index is 13.8. The molecule has 0 aliphatic rings. The van der Waals surface area contributed by atoms with Crippen molar-refractivity contribution in [3.63, 3.8) is 0 Å². The number of nitro groups is 1. The molecule has 2 aromatic carbocycles. The van der Waals surface area contributed by atoms with E-state index < -0.39 is 22.3 Å². The van der Waals surface area contributed by atoms with Crippen molar-refractivity contribution in [3.05, 3.63) is 69.0 Å². The van der Waals surface area contributed by atoms with Crippen LogP contribution in [0.3, 0.4) is 0 Å². The van der Waals surface area contributed by atoms with Crippen molar-refractivity contribution in [3.8, 4) is 5.75 Å². The zero-order valence-corrected chi connectivity index (χ0v) is 14.2. The Labute approximate surface area is 144 Å². The minimum atomic E-state index is -0.789. The number of nitrogens with zero attached hydrogens (tertiary/aromatic N) is 1. The number of nitrogens with one attached hydrogen (secondary N) is 1. The molecular formula is C18H19FN2O4. The summed E-state index contributed by atoms with van der Waals surface area (Å²) < 4.78 is 19.5. The van der Waals surface area contributed by atoms with Gasteiger partial charge in [-0.05, 0) is 32.9 Å². The molecule has 25 heavy (non-hydrogen) atoms. The summed E-state index contributed by atoms with van der Waals surface area (Å²) in [5.74, 6) is -0.747. The van der Waals surface area contributed by atoms with Gasteiger partial charge >= 0.3 is 0 Å². The van der Waals surface area contributed by atoms with Crippen LogP contribution in [0.5, 0.6) is 5.75 Å². The quantitative estimate of drug-likeness (QED) is 0.638. The van der Waals surface area contributed by atoms with Crippen LogP contribution < -0.4 is 10.1 Å². The van der Waals surface area contributed by atoms with E-state index in [0.29, 0.717) is 5.75 Å². The fourth-order valence-electron chi connectivity index (χ4n) is 2.28. The van der Waals surface area contributed by atoms with Gasteiger partial charge in [0.1, 0.15) is 11.6 Å². The zero-order chi connectivity index (χ0) is 18.6. The first-order valence-electron chi connectivity index (χ1n) is 7.77. The molecule has 0 radical (unpaired) electrons. The Bertz CT molecular complexity index is 806. The van der Waals surface area contributed by atoms with E-state index in [2.05, 4.69) is 5.32 Å². The molecule has 1 amide bonds. The van der Waals surface area contributed by atoms with E-state index in [-0.39, 0.29) is 23.8 Å². The number of carbonyl (C=O) groups is 1. The van der Waals surface area contributed by atoms with E-state index in [0.717, 1.165) is 17.7 Å². The third kappa shape index (κ3) is 4.53. The van der Waals surface area contributed by atoms with Crippen LogP contribution in [0.4, 0.5) is 10.1 Å². The molecule has 0 spiro atoms. The monoisotopic (exact) mass is 346 g/mol. The minimum absolute atomic E-state index is 0.0225. The van der Waals surface area contributed by atoms with Crippen LogP contribution in [0.1, 0.15) is 35.3 Å². The maximum absolute atomic E-state index is 13.8. The average Bonchev–Trinajstić information content (AvgIpc) is 2.55. The van der Waals surface area contributed by atoms with Gasteiger partial charge in [0, 0.05) is 23.7 Å². The largest absolute Gasteiger partial charge is 0.491 e. The SMILES string of the molecule is Cc1c(F)cc(C(=O)NCc2ccccc2OC(C)C)cc1[N+](=O)[O-]. The van der Waals surface area contributed by atoms with Crippen LogP contribution in [-0.2, 0) is 6.54 Å². The molecule has 1 N–H and O–H groups in total. The van der Waals surface area contributed by atoms with Crippen molar-refractivity contribution >= 4 is 11.6 Å². The van der Waals surface area contributed by atoms with Gasteiger partial charge in [0.2, 0.25) is 0 Å². The average molecular weight is 346 g/mol. The van der Waals surface area contributed by atoms with E-state index in [1.807, 2.05) is 26.0 Å². The summed E-state index contributed by atoms with van der Waals surface area (Å²) in [7, 11) is 0. The second kappa shape index (κ2) is 7.74. The fraction of sp³-hybridized carbons (Fsp3) is 0.278. The normalized spacial score (nSPS) is 10.6. The zero-order valence-electron chi connectivity index (χ0n) is 14.2. The summed E-state index contributed by atoms with van der Waals surface area (Å²) >= 11 is 0. The molecule has 0 fully saturated rings. The molecule has 2 rings (SSSR count). The molecule has 0 saturated heterocycles. The number of hydrogen-bond acceptors (Lipinski definition) is 4. The number of nitro benzene ring substituents is 1. The number of para-hydroxylation sites is 1. The number of hydrogen-bond donors (Lipinski definition) is 1. The third-order valence-electron chi connectivity index (χ3n) is 3.55. The second-order valence-electron chi connectivity index (χ2n) is 5.82. The fourth-order valence-corrected chi connectivity index (χ4v) is 2.28. The first-order chi connectivity index (χ1) is 11.8. The van der Waals surface area contributed by atoms with Gasteiger partial charge in [0.15, 0.2) is 0 Å². The Kier molecular flexibility index (Phi) is 5.69. The highest BCUT2D eigenvalue weighted by molar-refractivity contribution is 5.95. The molecule has 6 nitrogen and oxygen atoms in total. The van der Waals surface area contributed by atoms with Gasteiger partial charge in [-0.1, -0.05) is 18.2 Å². The lowest BCUT2D eigenvalue weighted by Crippen LogP contribution is -2.23. The summed E-state index contributed by atoms with van der Waals surface area (Å²) in [6.45, 7) is 5.24. The van der Waals surface area contributed by atoms with Crippen LogP contribution in [-0.4, -0.2) is 16.9 Å². The molecule has 0 aromatic heterocycles. The van der Waals surface area contributed by atoms with Crippen molar-refractivity contribution in [2.24, 2.45) is 0 Å². The lowest BCUT2D eigenvalue weighted by molar-refractivity contribution is -0.385. The molecule has 0 heterocycles. The van der Waals surface area contributed by atoms with Crippen molar-refractivity contribution in [2.45, 2.75) is 33.4 Å². The lowest BCUT2D eigenvalue weighted by atomic mass is 10.1. The van der Waals surface area contributed by atoms with Gasteiger partial charge < -0.3 is 10.1 Å². The van der Waals surface area contributed by atoms with Crippen molar-refractivity contribution in [1.82, 2.24) is 5.32 Å². The molecule has 7 heteroatoms. The predicted octanol–water partition coefficient (Wildman–Crippen LogP) is 3.76. The molecular weight excluding hydrogens is 327 g/mol.